The van der Waals surface area contributed by atoms with Gasteiger partial charge in [-0.2, -0.15) is 0 Å². The van der Waals surface area contributed by atoms with Gasteiger partial charge in [0.1, 0.15) is 18.1 Å². The Balaban J connectivity index is 5.28. The molecule has 0 aromatic rings. The van der Waals surface area contributed by atoms with E-state index in [1.54, 1.807) is 0 Å². The molecule has 0 spiro atoms. The standard InChI is InChI=1S/C17H32N6O7/c1-8(17(29)30)21-16(28)13(9(2)24)23-15(27)11(5-3-4-6-18)22-14(26)10(19)7-12(20)25/h8-11,13,24H,3-7,18-19H2,1-2H3,(H2,20,25)(H,21,28)(H,22,26)(H,23,27)(H,29,30). The smallest absolute Gasteiger partial charge is 0.325 e. The molecule has 0 aliphatic carbocycles. The maximum atomic E-state index is 12.7. The summed E-state index contributed by atoms with van der Waals surface area (Å²) in [5.41, 5.74) is 16.0. The quantitative estimate of drug-likeness (QED) is 0.126. The lowest BCUT2D eigenvalue weighted by Gasteiger charge is -2.26. The molecule has 11 N–H and O–H groups in total. The van der Waals surface area contributed by atoms with Crippen molar-refractivity contribution < 1.29 is 34.2 Å². The van der Waals surface area contributed by atoms with Crippen LogP contribution in [0.3, 0.4) is 0 Å². The van der Waals surface area contributed by atoms with Crippen LogP contribution in [0.5, 0.6) is 0 Å². The molecule has 0 aromatic heterocycles. The van der Waals surface area contributed by atoms with Crippen LogP contribution in [0.1, 0.15) is 39.5 Å². The van der Waals surface area contributed by atoms with Crippen LogP contribution in [0.2, 0.25) is 0 Å². The Bertz CT molecular complexity index is 628. The number of nitrogens with one attached hydrogen (secondary N) is 3. The van der Waals surface area contributed by atoms with Gasteiger partial charge in [0.05, 0.1) is 18.6 Å². The highest BCUT2D eigenvalue weighted by Crippen LogP contribution is 2.04. The van der Waals surface area contributed by atoms with Gasteiger partial charge in [-0.1, -0.05) is 0 Å². The van der Waals surface area contributed by atoms with Crippen molar-refractivity contribution in [1.82, 2.24) is 16.0 Å². The molecule has 0 aliphatic rings. The number of carbonyl (C=O) groups is 5. The normalized spacial score (nSPS) is 15.8. The zero-order valence-electron chi connectivity index (χ0n) is 17.1. The van der Waals surface area contributed by atoms with Crippen molar-refractivity contribution in [2.24, 2.45) is 17.2 Å². The lowest BCUT2D eigenvalue weighted by molar-refractivity contribution is -0.142. The lowest BCUT2D eigenvalue weighted by atomic mass is 10.1. The van der Waals surface area contributed by atoms with Crippen LogP contribution in [0.25, 0.3) is 0 Å². The van der Waals surface area contributed by atoms with Gasteiger partial charge in [0, 0.05) is 0 Å². The van der Waals surface area contributed by atoms with Crippen LogP contribution in [0, 0.1) is 0 Å². The molecule has 0 fully saturated rings. The maximum Gasteiger partial charge on any atom is 0.325 e. The number of carboxylic acids is 1. The molecule has 13 nitrogen and oxygen atoms in total. The predicted molar refractivity (Wildman–Crippen MR) is 105 cm³/mol. The lowest BCUT2D eigenvalue weighted by Crippen LogP contribution is -2.59. The fraction of sp³-hybridized carbons (Fsp3) is 0.706. The summed E-state index contributed by atoms with van der Waals surface area (Å²) in [6.45, 7) is 2.81. The van der Waals surface area contributed by atoms with Gasteiger partial charge in [0.25, 0.3) is 0 Å². The van der Waals surface area contributed by atoms with Crippen LogP contribution < -0.4 is 33.2 Å². The summed E-state index contributed by atoms with van der Waals surface area (Å²) >= 11 is 0. The summed E-state index contributed by atoms with van der Waals surface area (Å²) in [6, 6.07) is -5.11. The molecular weight excluding hydrogens is 400 g/mol. The molecule has 0 aromatic carbocycles. The summed E-state index contributed by atoms with van der Waals surface area (Å²) in [4.78, 5) is 58.9. The number of aliphatic hydroxyl groups excluding tert-OH is 1. The molecule has 5 unspecified atom stereocenters. The van der Waals surface area contributed by atoms with Gasteiger partial charge in [0.2, 0.25) is 23.6 Å². The van der Waals surface area contributed by atoms with Crippen molar-refractivity contribution in [2.45, 2.75) is 69.8 Å². The van der Waals surface area contributed by atoms with E-state index in [4.69, 9.17) is 22.3 Å². The van der Waals surface area contributed by atoms with Crippen molar-refractivity contribution in [3.8, 4) is 0 Å². The minimum absolute atomic E-state index is 0.151. The molecule has 13 heteroatoms. The van der Waals surface area contributed by atoms with Crippen molar-refractivity contribution in [1.29, 1.82) is 0 Å². The van der Waals surface area contributed by atoms with Crippen molar-refractivity contribution in [3.63, 3.8) is 0 Å². The number of primary amides is 1. The molecule has 172 valence electrons. The summed E-state index contributed by atoms with van der Waals surface area (Å²) in [7, 11) is 0. The van der Waals surface area contributed by atoms with E-state index >= 15 is 0 Å². The van der Waals surface area contributed by atoms with Gasteiger partial charge in [-0.15, -0.1) is 0 Å². The number of amides is 4. The molecule has 0 saturated carbocycles. The number of hydrogen-bond acceptors (Lipinski definition) is 8. The number of aliphatic carboxylic acids is 1. The second kappa shape index (κ2) is 13.5. The third kappa shape index (κ3) is 10.1. The van der Waals surface area contributed by atoms with Crippen LogP contribution in [-0.4, -0.2) is 76.6 Å². The van der Waals surface area contributed by atoms with Crippen molar-refractivity contribution in [2.75, 3.05) is 6.54 Å². The highest BCUT2D eigenvalue weighted by Gasteiger charge is 2.31. The predicted octanol–water partition coefficient (Wildman–Crippen LogP) is -3.74. The summed E-state index contributed by atoms with van der Waals surface area (Å²) < 4.78 is 0. The number of aliphatic hydroxyl groups is 1. The average Bonchev–Trinajstić information content (AvgIpc) is 2.63. The number of carboxylic acid groups (broad SMARTS) is 1. The zero-order valence-corrected chi connectivity index (χ0v) is 17.1. The second-order valence-corrected chi connectivity index (χ2v) is 6.92. The number of hydrogen-bond donors (Lipinski definition) is 8. The van der Waals surface area contributed by atoms with Gasteiger partial charge < -0.3 is 43.4 Å². The zero-order chi connectivity index (χ0) is 23.4. The topological polar surface area (TPSA) is 240 Å². The van der Waals surface area contributed by atoms with Gasteiger partial charge in [-0.3, -0.25) is 24.0 Å². The molecule has 0 heterocycles. The van der Waals surface area contributed by atoms with Gasteiger partial charge >= 0.3 is 5.97 Å². The van der Waals surface area contributed by atoms with E-state index in [0.29, 0.717) is 19.4 Å². The molecule has 30 heavy (non-hydrogen) atoms. The Morgan fingerprint density at radius 3 is 2.00 bits per heavy atom. The van der Waals surface area contributed by atoms with E-state index in [9.17, 15) is 29.1 Å². The van der Waals surface area contributed by atoms with Crippen molar-refractivity contribution in [3.05, 3.63) is 0 Å². The van der Waals surface area contributed by atoms with Crippen molar-refractivity contribution >= 4 is 29.6 Å². The Labute approximate surface area is 174 Å². The second-order valence-electron chi connectivity index (χ2n) is 6.92. The summed E-state index contributed by atoms with van der Waals surface area (Å²) in [5.74, 6) is -4.59. The Hall–Kier alpha value is -2.77. The first-order valence-corrected chi connectivity index (χ1v) is 9.46. The van der Waals surface area contributed by atoms with E-state index < -0.39 is 66.3 Å². The van der Waals surface area contributed by atoms with Crippen LogP contribution in [0.15, 0.2) is 0 Å². The largest absolute Gasteiger partial charge is 0.480 e. The van der Waals surface area contributed by atoms with Crippen LogP contribution in [-0.2, 0) is 24.0 Å². The highest BCUT2D eigenvalue weighted by atomic mass is 16.4. The summed E-state index contributed by atoms with van der Waals surface area (Å²) in [5, 5.41) is 25.6. The first-order chi connectivity index (χ1) is 13.9. The Morgan fingerprint density at radius 1 is 0.933 bits per heavy atom. The average molecular weight is 432 g/mol. The van der Waals surface area contributed by atoms with E-state index in [-0.39, 0.29) is 6.42 Å². The molecular formula is C17H32N6O7. The first kappa shape index (κ1) is 27.2. The Morgan fingerprint density at radius 2 is 1.53 bits per heavy atom. The first-order valence-electron chi connectivity index (χ1n) is 9.46. The van der Waals surface area contributed by atoms with Crippen LogP contribution in [0.4, 0.5) is 0 Å². The minimum atomic E-state index is -1.47. The SMILES string of the molecule is CC(NC(=O)C(NC(=O)C(CCCCN)NC(=O)C(N)CC(N)=O)C(C)O)C(=O)O. The molecule has 0 bridgehead atoms. The van der Waals surface area contributed by atoms with Gasteiger partial charge in [-0.05, 0) is 39.7 Å². The number of nitrogens with two attached hydrogens (primary N) is 3. The van der Waals surface area contributed by atoms with Crippen LogP contribution >= 0.6 is 0 Å². The van der Waals surface area contributed by atoms with E-state index in [2.05, 4.69) is 16.0 Å². The van der Waals surface area contributed by atoms with E-state index in [1.165, 1.54) is 13.8 Å². The third-order valence-corrected chi connectivity index (χ3v) is 4.13. The fourth-order valence-electron chi connectivity index (χ4n) is 2.37. The number of unbranched alkanes of at least 4 members (excludes halogenated alkanes) is 1. The molecule has 0 aliphatic heterocycles. The fourth-order valence-corrected chi connectivity index (χ4v) is 2.37. The molecule has 0 rings (SSSR count). The van der Waals surface area contributed by atoms with Gasteiger partial charge in [-0.25, -0.2) is 0 Å². The highest BCUT2D eigenvalue weighted by molar-refractivity contribution is 5.95. The molecule has 0 radical (unpaired) electrons. The maximum absolute atomic E-state index is 12.7. The van der Waals surface area contributed by atoms with E-state index in [0.717, 1.165) is 0 Å². The van der Waals surface area contributed by atoms with Gasteiger partial charge in [0.15, 0.2) is 0 Å². The molecule has 0 saturated heterocycles. The minimum Gasteiger partial charge on any atom is -0.480 e. The number of rotatable bonds is 14. The molecule has 4 amide bonds. The number of carbonyl (C=O) groups excluding carboxylic acids is 4. The molecule has 5 atom stereocenters. The summed E-state index contributed by atoms with van der Waals surface area (Å²) in [6.07, 6.45) is -0.607. The van der Waals surface area contributed by atoms with E-state index in [1.807, 2.05) is 0 Å². The Kier molecular flexibility index (Phi) is 12.2. The monoisotopic (exact) mass is 432 g/mol. The third-order valence-electron chi connectivity index (χ3n) is 4.13.